The molecule has 0 radical (unpaired) electrons. The van der Waals surface area contributed by atoms with Crippen LogP contribution in [0.25, 0.3) is 0 Å². The first-order chi connectivity index (χ1) is 13.0. The molecule has 0 amide bonds. The van der Waals surface area contributed by atoms with Crippen molar-refractivity contribution in [2.24, 2.45) is 0 Å². The highest BCUT2D eigenvalue weighted by molar-refractivity contribution is 5.77. The SMILES string of the molecule is COc1ccccc1Nc1nc(Nc2cccc(C)c2)nc(N)c1[N+](=O)[O-]. The zero-order chi connectivity index (χ0) is 19.4. The number of nitrogens with zero attached hydrogens (tertiary/aromatic N) is 3. The van der Waals surface area contributed by atoms with Crippen LogP contribution in [0.4, 0.5) is 34.6 Å². The van der Waals surface area contributed by atoms with Gasteiger partial charge in [-0.2, -0.15) is 9.97 Å². The zero-order valence-corrected chi connectivity index (χ0v) is 14.8. The Balaban J connectivity index is 2.02. The molecule has 0 aliphatic heterocycles. The van der Waals surface area contributed by atoms with E-state index in [0.29, 0.717) is 11.4 Å². The summed E-state index contributed by atoms with van der Waals surface area (Å²) in [4.78, 5) is 19.1. The number of rotatable bonds is 6. The van der Waals surface area contributed by atoms with Gasteiger partial charge in [-0.1, -0.05) is 24.3 Å². The first-order valence-electron chi connectivity index (χ1n) is 8.03. The third kappa shape index (κ3) is 4.03. The second-order valence-electron chi connectivity index (χ2n) is 5.71. The number of aryl methyl sites for hydroxylation is 1. The average Bonchev–Trinajstić information content (AvgIpc) is 2.61. The van der Waals surface area contributed by atoms with E-state index in [1.165, 1.54) is 7.11 Å². The van der Waals surface area contributed by atoms with E-state index in [9.17, 15) is 10.1 Å². The molecular formula is C18H18N6O3. The summed E-state index contributed by atoms with van der Waals surface area (Å²) in [7, 11) is 1.51. The molecule has 0 unspecified atom stereocenters. The molecule has 0 aliphatic carbocycles. The lowest BCUT2D eigenvalue weighted by atomic mass is 10.2. The predicted molar refractivity (Wildman–Crippen MR) is 104 cm³/mol. The number of benzene rings is 2. The van der Waals surface area contributed by atoms with Crippen molar-refractivity contribution in [2.45, 2.75) is 6.92 Å². The smallest absolute Gasteiger partial charge is 0.353 e. The Morgan fingerprint density at radius 1 is 1.11 bits per heavy atom. The summed E-state index contributed by atoms with van der Waals surface area (Å²) in [5.74, 6) is 0.368. The number of aromatic nitrogens is 2. The van der Waals surface area contributed by atoms with Crippen molar-refractivity contribution in [1.29, 1.82) is 0 Å². The highest BCUT2D eigenvalue weighted by Gasteiger charge is 2.24. The molecule has 0 fully saturated rings. The lowest BCUT2D eigenvalue weighted by Gasteiger charge is -2.13. The summed E-state index contributed by atoms with van der Waals surface area (Å²) < 4.78 is 5.26. The van der Waals surface area contributed by atoms with E-state index < -0.39 is 10.6 Å². The minimum absolute atomic E-state index is 0.0350. The maximum atomic E-state index is 11.5. The molecule has 1 aromatic heterocycles. The van der Waals surface area contributed by atoms with Crippen LogP contribution < -0.4 is 21.1 Å². The molecule has 138 valence electrons. The fourth-order valence-electron chi connectivity index (χ4n) is 2.52. The van der Waals surface area contributed by atoms with Crippen LogP contribution >= 0.6 is 0 Å². The molecule has 9 heteroatoms. The van der Waals surface area contributed by atoms with Crippen molar-refractivity contribution in [3.05, 3.63) is 64.2 Å². The second-order valence-corrected chi connectivity index (χ2v) is 5.71. The number of nitrogens with two attached hydrogens (primary N) is 1. The summed E-state index contributed by atoms with van der Waals surface area (Å²) in [6.07, 6.45) is 0. The van der Waals surface area contributed by atoms with Crippen molar-refractivity contribution in [3.8, 4) is 5.75 Å². The van der Waals surface area contributed by atoms with E-state index in [1.807, 2.05) is 31.2 Å². The second kappa shape index (κ2) is 7.56. The van der Waals surface area contributed by atoms with Crippen LogP contribution in [0.3, 0.4) is 0 Å². The predicted octanol–water partition coefficient (Wildman–Crippen LogP) is 3.77. The number of nitrogen functional groups attached to an aromatic ring is 1. The number of hydrogen-bond donors (Lipinski definition) is 3. The molecule has 0 spiro atoms. The van der Waals surface area contributed by atoms with Crippen molar-refractivity contribution >= 4 is 34.6 Å². The van der Waals surface area contributed by atoms with Crippen LogP contribution in [0.2, 0.25) is 0 Å². The first kappa shape index (κ1) is 17.9. The largest absolute Gasteiger partial charge is 0.495 e. The lowest BCUT2D eigenvalue weighted by Crippen LogP contribution is -2.09. The highest BCUT2D eigenvalue weighted by atomic mass is 16.6. The summed E-state index contributed by atoms with van der Waals surface area (Å²) in [5, 5.41) is 17.4. The number of ether oxygens (including phenoxy) is 1. The molecule has 27 heavy (non-hydrogen) atoms. The van der Waals surface area contributed by atoms with E-state index >= 15 is 0 Å². The Morgan fingerprint density at radius 2 is 1.89 bits per heavy atom. The molecule has 9 nitrogen and oxygen atoms in total. The molecule has 0 saturated heterocycles. The fraction of sp³-hybridized carbons (Fsp3) is 0.111. The zero-order valence-electron chi connectivity index (χ0n) is 14.8. The van der Waals surface area contributed by atoms with E-state index in [0.717, 1.165) is 11.3 Å². The topological polar surface area (TPSA) is 128 Å². The van der Waals surface area contributed by atoms with Crippen molar-refractivity contribution < 1.29 is 9.66 Å². The van der Waals surface area contributed by atoms with Gasteiger partial charge >= 0.3 is 5.69 Å². The van der Waals surface area contributed by atoms with E-state index in [-0.39, 0.29) is 17.6 Å². The van der Waals surface area contributed by atoms with Crippen molar-refractivity contribution in [2.75, 3.05) is 23.5 Å². The normalized spacial score (nSPS) is 10.3. The summed E-state index contributed by atoms with van der Waals surface area (Å²) in [6.45, 7) is 1.95. The van der Waals surface area contributed by atoms with Crippen molar-refractivity contribution in [3.63, 3.8) is 0 Å². The maximum Gasteiger partial charge on any atom is 0.353 e. The molecule has 0 aliphatic rings. The van der Waals surface area contributed by atoms with Gasteiger partial charge in [0, 0.05) is 5.69 Å². The van der Waals surface area contributed by atoms with Gasteiger partial charge < -0.3 is 21.1 Å². The van der Waals surface area contributed by atoms with Gasteiger partial charge in [-0.25, -0.2) is 0 Å². The fourth-order valence-corrected chi connectivity index (χ4v) is 2.52. The Labute approximate surface area is 155 Å². The molecule has 4 N–H and O–H groups in total. The summed E-state index contributed by atoms with van der Waals surface area (Å²) >= 11 is 0. The van der Waals surface area contributed by atoms with E-state index in [1.54, 1.807) is 24.3 Å². The highest BCUT2D eigenvalue weighted by Crippen LogP contribution is 2.34. The molecule has 2 aromatic carbocycles. The van der Waals surface area contributed by atoms with Gasteiger partial charge in [-0.05, 0) is 36.8 Å². The standard InChI is InChI=1S/C18H18N6O3/c1-11-6-5-7-12(10-11)20-18-22-16(19)15(24(25)26)17(23-18)21-13-8-3-4-9-14(13)27-2/h3-10H,1-2H3,(H4,19,20,21,22,23). The summed E-state index contributed by atoms with van der Waals surface area (Å²) in [6, 6.07) is 14.6. The van der Waals surface area contributed by atoms with Crippen LogP contribution in [0, 0.1) is 17.0 Å². The molecule has 3 rings (SSSR count). The number of para-hydroxylation sites is 2. The number of nitrogens with one attached hydrogen (secondary N) is 2. The monoisotopic (exact) mass is 366 g/mol. The molecule has 0 atom stereocenters. The molecule has 3 aromatic rings. The van der Waals surface area contributed by atoms with Crippen LogP contribution in [-0.4, -0.2) is 22.0 Å². The van der Waals surface area contributed by atoms with Crippen LogP contribution in [0.15, 0.2) is 48.5 Å². The Hall–Kier alpha value is -3.88. The molecule has 0 bridgehead atoms. The number of hydrogen-bond acceptors (Lipinski definition) is 8. The van der Waals surface area contributed by atoms with Crippen LogP contribution in [0.1, 0.15) is 5.56 Å². The average molecular weight is 366 g/mol. The maximum absolute atomic E-state index is 11.5. The first-order valence-corrected chi connectivity index (χ1v) is 8.03. The number of methoxy groups -OCH3 is 1. The molecular weight excluding hydrogens is 348 g/mol. The third-order valence-corrected chi connectivity index (χ3v) is 3.73. The Bertz CT molecular complexity index is 993. The minimum Gasteiger partial charge on any atom is -0.495 e. The van der Waals surface area contributed by atoms with Gasteiger partial charge in [0.2, 0.25) is 17.6 Å². The quantitative estimate of drug-likeness (QED) is 0.444. The van der Waals surface area contributed by atoms with Gasteiger partial charge in [0.25, 0.3) is 0 Å². The lowest BCUT2D eigenvalue weighted by molar-refractivity contribution is -0.383. The van der Waals surface area contributed by atoms with Crippen LogP contribution in [0.5, 0.6) is 5.75 Å². The Morgan fingerprint density at radius 3 is 2.59 bits per heavy atom. The van der Waals surface area contributed by atoms with E-state index in [4.69, 9.17) is 10.5 Å². The molecule has 1 heterocycles. The Kier molecular flexibility index (Phi) is 5.02. The van der Waals surface area contributed by atoms with Gasteiger partial charge in [-0.3, -0.25) is 10.1 Å². The van der Waals surface area contributed by atoms with Gasteiger partial charge in [0.05, 0.1) is 17.7 Å². The number of nitro groups is 1. The summed E-state index contributed by atoms with van der Waals surface area (Å²) in [5.41, 5.74) is 7.72. The van der Waals surface area contributed by atoms with Gasteiger partial charge in [-0.15, -0.1) is 0 Å². The van der Waals surface area contributed by atoms with E-state index in [2.05, 4.69) is 20.6 Å². The number of anilines is 5. The molecule has 0 saturated carbocycles. The van der Waals surface area contributed by atoms with Gasteiger partial charge in [0.1, 0.15) is 5.75 Å². The van der Waals surface area contributed by atoms with Crippen LogP contribution in [-0.2, 0) is 0 Å². The van der Waals surface area contributed by atoms with Gasteiger partial charge in [0.15, 0.2) is 0 Å². The third-order valence-electron chi connectivity index (χ3n) is 3.73. The minimum atomic E-state index is -0.621. The van der Waals surface area contributed by atoms with Crippen molar-refractivity contribution in [1.82, 2.24) is 9.97 Å².